The van der Waals surface area contributed by atoms with E-state index >= 15 is 0 Å². The molecule has 0 aromatic heterocycles. The molecule has 94 valence electrons. The van der Waals surface area contributed by atoms with Gasteiger partial charge in [-0.25, -0.2) is 0 Å². The highest BCUT2D eigenvalue weighted by Gasteiger charge is 2.28. The Morgan fingerprint density at radius 2 is 1.81 bits per heavy atom. The zero-order chi connectivity index (χ0) is 12.8. The molecule has 0 aliphatic rings. The van der Waals surface area contributed by atoms with Crippen LogP contribution in [0.4, 0.5) is 13.2 Å². The van der Waals surface area contributed by atoms with E-state index in [2.05, 4.69) is 0 Å². The van der Waals surface area contributed by atoms with Gasteiger partial charge in [0.15, 0.2) is 0 Å². The SMILES string of the molecule is CCN(CCC(=O)O)C(=O)CCC(F)(F)F. The molecule has 0 aromatic carbocycles. The van der Waals surface area contributed by atoms with Gasteiger partial charge in [-0.15, -0.1) is 0 Å². The summed E-state index contributed by atoms with van der Waals surface area (Å²) < 4.78 is 35.5. The molecule has 0 atom stereocenters. The molecule has 0 heterocycles. The molecule has 0 saturated heterocycles. The molecular weight excluding hydrogens is 227 g/mol. The molecule has 0 spiro atoms. The van der Waals surface area contributed by atoms with Crippen LogP contribution in [0.25, 0.3) is 0 Å². The van der Waals surface area contributed by atoms with Crippen molar-refractivity contribution in [3.05, 3.63) is 0 Å². The molecule has 0 bridgehead atoms. The van der Waals surface area contributed by atoms with E-state index in [0.29, 0.717) is 0 Å². The highest BCUT2D eigenvalue weighted by atomic mass is 19.4. The second kappa shape index (κ2) is 6.34. The predicted molar refractivity (Wildman–Crippen MR) is 49.8 cm³/mol. The number of amides is 1. The number of hydrogen-bond donors (Lipinski definition) is 1. The summed E-state index contributed by atoms with van der Waals surface area (Å²) in [4.78, 5) is 22.6. The largest absolute Gasteiger partial charge is 0.481 e. The van der Waals surface area contributed by atoms with Crippen LogP contribution in [0.3, 0.4) is 0 Å². The summed E-state index contributed by atoms with van der Waals surface area (Å²) in [5.74, 6) is -1.75. The van der Waals surface area contributed by atoms with E-state index < -0.39 is 30.9 Å². The Bertz CT molecular complexity index is 253. The van der Waals surface area contributed by atoms with E-state index in [0.717, 1.165) is 4.90 Å². The second-order valence-electron chi connectivity index (χ2n) is 3.23. The van der Waals surface area contributed by atoms with Crippen molar-refractivity contribution in [2.45, 2.75) is 32.4 Å². The van der Waals surface area contributed by atoms with Crippen molar-refractivity contribution < 1.29 is 27.9 Å². The average Bonchev–Trinajstić information content (AvgIpc) is 2.14. The lowest BCUT2D eigenvalue weighted by Crippen LogP contribution is -2.33. The number of carbonyl (C=O) groups is 2. The molecule has 4 nitrogen and oxygen atoms in total. The molecular formula is C9H14F3NO3. The summed E-state index contributed by atoms with van der Waals surface area (Å²) in [6.07, 6.45) is -6.42. The smallest absolute Gasteiger partial charge is 0.389 e. The fourth-order valence-electron chi connectivity index (χ4n) is 1.10. The maximum absolute atomic E-state index is 11.8. The Kier molecular flexibility index (Phi) is 5.84. The van der Waals surface area contributed by atoms with Gasteiger partial charge in [-0.1, -0.05) is 0 Å². The summed E-state index contributed by atoms with van der Waals surface area (Å²) in [7, 11) is 0. The van der Waals surface area contributed by atoms with Crippen molar-refractivity contribution >= 4 is 11.9 Å². The molecule has 0 aliphatic carbocycles. The van der Waals surface area contributed by atoms with Gasteiger partial charge in [0.2, 0.25) is 5.91 Å². The molecule has 0 unspecified atom stereocenters. The average molecular weight is 241 g/mol. The summed E-state index contributed by atoms with van der Waals surface area (Å²) >= 11 is 0. The summed E-state index contributed by atoms with van der Waals surface area (Å²) in [5.41, 5.74) is 0. The maximum Gasteiger partial charge on any atom is 0.389 e. The number of carboxylic acid groups (broad SMARTS) is 1. The number of nitrogens with zero attached hydrogens (tertiary/aromatic N) is 1. The van der Waals surface area contributed by atoms with Crippen LogP contribution >= 0.6 is 0 Å². The highest BCUT2D eigenvalue weighted by molar-refractivity contribution is 5.77. The number of carbonyl (C=O) groups excluding carboxylic acids is 1. The van der Waals surface area contributed by atoms with Gasteiger partial charge < -0.3 is 10.0 Å². The van der Waals surface area contributed by atoms with E-state index in [9.17, 15) is 22.8 Å². The molecule has 0 aliphatic heterocycles. The molecule has 0 saturated carbocycles. The summed E-state index contributed by atoms with van der Waals surface area (Å²) in [6.45, 7) is 1.75. The third-order valence-electron chi connectivity index (χ3n) is 1.95. The Labute approximate surface area is 91.0 Å². The van der Waals surface area contributed by atoms with Gasteiger partial charge in [-0.05, 0) is 6.92 Å². The molecule has 16 heavy (non-hydrogen) atoms. The third-order valence-corrected chi connectivity index (χ3v) is 1.95. The van der Waals surface area contributed by atoms with Gasteiger partial charge in [0.05, 0.1) is 12.8 Å². The van der Waals surface area contributed by atoms with E-state index in [-0.39, 0.29) is 19.5 Å². The minimum absolute atomic E-state index is 0.0531. The molecule has 0 aromatic rings. The number of hydrogen-bond acceptors (Lipinski definition) is 2. The van der Waals surface area contributed by atoms with Crippen molar-refractivity contribution in [3.63, 3.8) is 0 Å². The lowest BCUT2D eigenvalue weighted by Gasteiger charge is -2.20. The minimum Gasteiger partial charge on any atom is -0.481 e. The topological polar surface area (TPSA) is 57.6 Å². The Balaban J connectivity index is 4.06. The molecule has 1 N–H and O–H groups in total. The molecule has 1 amide bonds. The first-order valence-electron chi connectivity index (χ1n) is 4.82. The van der Waals surface area contributed by atoms with Crippen LogP contribution in [0, 0.1) is 0 Å². The Morgan fingerprint density at radius 3 is 2.19 bits per heavy atom. The van der Waals surface area contributed by atoms with Gasteiger partial charge in [-0.2, -0.15) is 13.2 Å². The lowest BCUT2D eigenvalue weighted by atomic mass is 10.2. The van der Waals surface area contributed by atoms with Crippen LogP contribution < -0.4 is 0 Å². The second-order valence-corrected chi connectivity index (χ2v) is 3.23. The first kappa shape index (κ1) is 14.7. The fraction of sp³-hybridized carbons (Fsp3) is 0.778. The van der Waals surface area contributed by atoms with E-state index in [4.69, 9.17) is 5.11 Å². The zero-order valence-electron chi connectivity index (χ0n) is 8.88. The first-order valence-corrected chi connectivity index (χ1v) is 4.82. The van der Waals surface area contributed by atoms with Crippen molar-refractivity contribution in [1.82, 2.24) is 4.90 Å². The quantitative estimate of drug-likeness (QED) is 0.769. The standard InChI is InChI=1S/C9H14F3NO3/c1-2-13(6-4-8(15)16)7(14)3-5-9(10,11)12/h2-6H2,1H3,(H,15,16). The van der Waals surface area contributed by atoms with Crippen LogP contribution in [0.15, 0.2) is 0 Å². The number of carboxylic acids is 1. The van der Waals surface area contributed by atoms with E-state index in [1.807, 2.05) is 0 Å². The number of aliphatic carboxylic acids is 1. The number of rotatable bonds is 6. The summed E-state index contributed by atoms with van der Waals surface area (Å²) in [5, 5.41) is 8.38. The van der Waals surface area contributed by atoms with Crippen molar-refractivity contribution in [2.75, 3.05) is 13.1 Å². The predicted octanol–water partition coefficient (Wildman–Crippen LogP) is 1.65. The third kappa shape index (κ3) is 7.08. The van der Waals surface area contributed by atoms with E-state index in [1.165, 1.54) is 0 Å². The Morgan fingerprint density at radius 1 is 1.25 bits per heavy atom. The zero-order valence-corrected chi connectivity index (χ0v) is 8.88. The maximum atomic E-state index is 11.8. The highest BCUT2D eigenvalue weighted by Crippen LogP contribution is 2.21. The van der Waals surface area contributed by atoms with Gasteiger partial charge >= 0.3 is 12.1 Å². The molecule has 0 fully saturated rings. The van der Waals surface area contributed by atoms with Crippen molar-refractivity contribution in [2.24, 2.45) is 0 Å². The molecule has 0 radical (unpaired) electrons. The lowest BCUT2D eigenvalue weighted by molar-refractivity contribution is -0.149. The molecule has 0 rings (SSSR count). The number of halogens is 3. The van der Waals surface area contributed by atoms with E-state index in [1.54, 1.807) is 6.92 Å². The normalized spacial score (nSPS) is 11.2. The van der Waals surface area contributed by atoms with Crippen LogP contribution in [0.1, 0.15) is 26.2 Å². The van der Waals surface area contributed by atoms with Crippen molar-refractivity contribution in [1.29, 1.82) is 0 Å². The monoisotopic (exact) mass is 241 g/mol. The van der Waals surface area contributed by atoms with Gasteiger partial charge in [0.1, 0.15) is 0 Å². The minimum atomic E-state index is -4.36. The fourth-order valence-corrected chi connectivity index (χ4v) is 1.10. The van der Waals surface area contributed by atoms with Crippen LogP contribution in [-0.2, 0) is 9.59 Å². The molecule has 7 heteroatoms. The van der Waals surface area contributed by atoms with Gasteiger partial charge in [0.25, 0.3) is 0 Å². The van der Waals surface area contributed by atoms with Gasteiger partial charge in [0, 0.05) is 19.5 Å². The van der Waals surface area contributed by atoms with Crippen LogP contribution in [-0.4, -0.2) is 41.1 Å². The Hall–Kier alpha value is -1.27. The van der Waals surface area contributed by atoms with Crippen LogP contribution in [0.2, 0.25) is 0 Å². The van der Waals surface area contributed by atoms with Gasteiger partial charge in [-0.3, -0.25) is 9.59 Å². The van der Waals surface area contributed by atoms with Crippen molar-refractivity contribution in [3.8, 4) is 0 Å². The number of alkyl halides is 3. The first-order chi connectivity index (χ1) is 7.26. The van der Waals surface area contributed by atoms with Crippen LogP contribution in [0.5, 0.6) is 0 Å². The summed E-state index contributed by atoms with van der Waals surface area (Å²) in [6, 6.07) is 0.